The van der Waals surface area contributed by atoms with Crippen LogP contribution in [0.1, 0.15) is 27.0 Å². The number of aryl methyl sites for hydroxylation is 1. The largest absolute Gasteiger partial charge is 0.493 e. The molecule has 0 spiro atoms. The van der Waals surface area contributed by atoms with Crippen molar-refractivity contribution in [3.05, 3.63) is 87.4 Å². The predicted octanol–water partition coefficient (Wildman–Crippen LogP) is 5.66. The van der Waals surface area contributed by atoms with Crippen molar-refractivity contribution in [3.8, 4) is 11.5 Å². The number of methoxy groups -OCH3 is 1. The summed E-state index contributed by atoms with van der Waals surface area (Å²) in [6, 6.07) is 18.8. The van der Waals surface area contributed by atoms with Crippen molar-refractivity contribution in [2.75, 3.05) is 12.4 Å². The molecule has 3 aromatic carbocycles. The Hall–Kier alpha value is -2.99. The summed E-state index contributed by atoms with van der Waals surface area (Å²) in [5.41, 5.74) is 4.23. The van der Waals surface area contributed by atoms with Gasteiger partial charge in [0.2, 0.25) is 0 Å². The number of ether oxygens (including phenoxy) is 2. The van der Waals surface area contributed by atoms with Gasteiger partial charge >= 0.3 is 5.97 Å². The Labute approximate surface area is 178 Å². The molecule has 0 radical (unpaired) electrons. The summed E-state index contributed by atoms with van der Waals surface area (Å²) in [7, 11) is 1.61. The van der Waals surface area contributed by atoms with Gasteiger partial charge in [0.1, 0.15) is 6.61 Å². The number of benzene rings is 3. The topological polar surface area (TPSA) is 67.8 Å². The van der Waals surface area contributed by atoms with Gasteiger partial charge in [0.25, 0.3) is 0 Å². The average Bonchev–Trinajstić information content (AvgIpc) is 2.72. The Morgan fingerprint density at radius 2 is 1.83 bits per heavy atom. The Balaban J connectivity index is 1.71. The van der Waals surface area contributed by atoms with E-state index in [9.17, 15) is 4.79 Å². The molecule has 0 aliphatic rings. The van der Waals surface area contributed by atoms with Crippen LogP contribution in [0.4, 0.5) is 5.69 Å². The maximum Gasteiger partial charge on any atom is 0.335 e. The van der Waals surface area contributed by atoms with E-state index in [0.717, 1.165) is 21.3 Å². The maximum absolute atomic E-state index is 11.1. The molecule has 0 saturated carbocycles. The van der Waals surface area contributed by atoms with Crippen LogP contribution in [-0.4, -0.2) is 18.2 Å². The molecule has 0 unspecified atom stereocenters. The quantitative estimate of drug-likeness (QED) is 0.458. The van der Waals surface area contributed by atoms with E-state index < -0.39 is 5.97 Å². The van der Waals surface area contributed by atoms with E-state index in [1.54, 1.807) is 25.3 Å². The van der Waals surface area contributed by atoms with Gasteiger partial charge in [-0.2, -0.15) is 0 Å². The lowest BCUT2D eigenvalue weighted by atomic mass is 10.1. The average molecular weight is 456 g/mol. The fourth-order valence-electron chi connectivity index (χ4n) is 2.82. The molecule has 0 amide bonds. The second-order valence-electron chi connectivity index (χ2n) is 6.62. The van der Waals surface area contributed by atoms with Gasteiger partial charge in [-0.3, -0.25) is 0 Å². The maximum atomic E-state index is 11.1. The fraction of sp³-hybridized carbons (Fsp3) is 0.174. The van der Waals surface area contributed by atoms with Crippen molar-refractivity contribution >= 4 is 27.6 Å². The van der Waals surface area contributed by atoms with Crippen LogP contribution in [0.2, 0.25) is 0 Å². The van der Waals surface area contributed by atoms with Crippen molar-refractivity contribution in [3.63, 3.8) is 0 Å². The summed E-state index contributed by atoms with van der Waals surface area (Å²) in [5, 5.41) is 12.3. The van der Waals surface area contributed by atoms with Crippen LogP contribution in [0.15, 0.2) is 65.1 Å². The zero-order valence-corrected chi connectivity index (χ0v) is 17.8. The summed E-state index contributed by atoms with van der Waals surface area (Å²) < 4.78 is 12.3. The number of anilines is 1. The predicted molar refractivity (Wildman–Crippen MR) is 117 cm³/mol. The summed E-state index contributed by atoms with van der Waals surface area (Å²) in [6.45, 7) is 3.00. The number of carboxylic acids is 1. The van der Waals surface area contributed by atoms with Crippen LogP contribution in [0, 0.1) is 6.92 Å². The Morgan fingerprint density at radius 1 is 1.07 bits per heavy atom. The third-order valence-electron chi connectivity index (χ3n) is 4.40. The number of nitrogens with one attached hydrogen (secondary N) is 1. The summed E-state index contributed by atoms with van der Waals surface area (Å²) >= 11 is 3.57. The van der Waals surface area contributed by atoms with Gasteiger partial charge in [-0.05, 0) is 64.3 Å². The molecule has 0 heterocycles. The van der Waals surface area contributed by atoms with Crippen LogP contribution < -0.4 is 14.8 Å². The normalized spacial score (nSPS) is 10.4. The van der Waals surface area contributed by atoms with Crippen molar-refractivity contribution < 1.29 is 19.4 Å². The van der Waals surface area contributed by atoms with Crippen LogP contribution in [0.3, 0.4) is 0 Å². The van der Waals surface area contributed by atoms with Crippen molar-refractivity contribution in [2.24, 2.45) is 0 Å². The molecule has 6 heteroatoms. The van der Waals surface area contributed by atoms with Gasteiger partial charge in [0.05, 0.1) is 17.1 Å². The summed E-state index contributed by atoms with van der Waals surface area (Å²) in [5.74, 6) is 0.320. The molecule has 0 atom stereocenters. The molecular weight excluding hydrogens is 434 g/mol. The number of carbonyl (C=O) groups is 1. The molecular formula is C23H22BrNO4. The molecule has 2 N–H and O–H groups in total. The number of hydrogen-bond donors (Lipinski definition) is 2. The van der Waals surface area contributed by atoms with Crippen molar-refractivity contribution in [2.45, 2.75) is 20.1 Å². The van der Waals surface area contributed by atoms with E-state index in [1.807, 2.05) is 30.3 Å². The highest BCUT2D eigenvalue weighted by molar-refractivity contribution is 9.10. The smallest absolute Gasteiger partial charge is 0.335 e. The number of carboxylic acid groups (broad SMARTS) is 1. The van der Waals surface area contributed by atoms with Crippen molar-refractivity contribution in [1.82, 2.24) is 0 Å². The lowest BCUT2D eigenvalue weighted by Gasteiger charge is -2.15. The molecule has 150 valence electrons. The molecule has 3 aromatic rings. The third-order valence-corrected chi connectivity index (χ3v) is 4.99. The number of aromatic carboxylic acids is 1. The Bertz CT molecular complexity index is 1000. The Kier molecular flexibility index (Phi) is 6.77. The zero-order chi connectivity index (χ0) is 20.8. The van der Waals surface area contributed by atoms with Gasteiger partial charge < -0.3 is 19.9 Å². The first-order chi connectivity index (χ1) is 14.0. The molecule has 5 nitrogen and oxygen atoms in total. The number of halogens is 1. The summed E-state index contributed by atoms with van der Waals surface area (Å²) in [6.07, 6.45) is 0. The van der Waals surface area contributed by atoms with Gasteiger partial charge in [-0.25, -0.2) is 4.79 Å². The standard InChI is InChI=1S/C23H22BrNO4/c1-15-6-8-16(9-7-15)14-29-22-20(24)10-17(11-21(22)28-2)13-25-19-5-3-4-18(12-19)23(26)27/h3-12,25H,13-14H2,1-2H3,(H,26,27). The molecule has 0 aliphatic carbocycles. The van der Waals surface area contributed by atoms with E-state index >= 15 is 0 Å². The summed E-state index contributed by atoms with van der Waals surface area (Å²) in [4.78, 5) is 11.1. The lowest BCUT2D eigenvalue weighted by molar-refractivity contribution is 0.0697. The molecule has 0 saturated heterocycles. The van der Waals surface area contributed by atoms with Crippen LogP contribution in [0.25, 0.3) is 0 Å². The van der Waals surface area contributed by atoms with Gasteiger partial charge in [-0.15, -0.1) is 0 Å². The molecule has 29 heavy (non-hydrogen) atoms. The van der Waals surface area contributed by atoms with E-state index in [2.05, 4.69) is 40.3 Å². The minimum absolute atomic E-state index is 0.244. The number of hydrogen-bond acceptors (Lipinski definition) is 4. The Morgan fingerprint density at radius 3 is 2.52 bits per heavy atom. The van der Waals surface area contributed by atoms with E-state index in [0.29, 0.717) is 24.7 Å². The van der Waals surface area contributed by atoms with Crippen LogP contribution in [0.5, 0.6) is 11.5 Å². The van der Waals surface area contributed by atoms with Crippen LogP contribution >= 0.6 is 15.9 Å². The van der Waals surface area contributed by atoms with E-state index in [4.69, 9.17) is 14.6 Å². The third kappa shape index (κ3) is 5.51. The van der Waals surface area contributed by atoms with Crippen LogP contribution in [-0.2, 0) is 13.2 Å². The van der Waals surface area contributed by atoms with Crippen molar-refractivity contribution in [1.29, 1.82) is 0 Å². The number of rotatable bonds is 8. The molecule has 0 bridgehead atoms. The molecule has 0 aliphatic heterocycles. The van der Waals surface area contributed by atoms with Gasteiger partial charge in [-0.1, -0.05) is 35.9 Å². The first-order valence-corrected chi connectivity index (χ1v) is 9.87. The minimum atomic E-state index is -0.951. The SMILES string of the molecule is COc1cc(CNc2cccc(C(=O)O)c2)cc(Br)c1OCc1ccc(C)cc1. The van der Waals surface area contributed by atoms with E-state index in [1.165, 1.54) is 5.56 Å². The second-order valence-corrected chi connectivity index (χ2v) is 7.48. The highest BCUT2D eigenvalue weighted by Crippen LogP contribution is 2.37. The molecule has 0 fully saturated rings. The van der Waals surface area contributed by atoms with E-state index in [-0.39, 0.29) is 5.56 Å². The minimum Gasteiger partial charge on any atom is -0.493 e. The second kappa shape index (κ2) is 9.47. The monoisotopic (exact) mass is 455 g/mol. The van der Waals surface area contributed by atoms with Gasteiger partial charge in [0, 0.05) is 12.2 Å². The van der Waals surface area contributed by atoms with Gasteiger partial charge in [0.15, 0.2) is 11.5 Å². The highest BCUT2D eigenvalue weighted by atomic mass is 79.9. The first kappa shape index (κ1) is 20.7. The molecule has 3 rings (SSSR count). The zero-order valence-electron chi connectivity index (χ0n) is 16.2. The molecule has 0 aromatic heterocycles. The highest BCUT2D eigenvalue weighted by Gasteiger charge is 2.12. The first-order valence-electron chi connectivity index (χ1n) is 9.08. The lowest BCUT2D eigenvalue weighted by Crippen LogP contribution is -2.04. The fourth-order valence-corrected chi connectivity index (χ4v) is 3.43.